The Morgan fingerprint density at radius 3 is 2.82 bits per heavy atom. The van der Waals surface area contributed by atoms with Crippen LogP contribution in [-0.2, 0) is 16.1 Å². The van der Waals surface area contributed by atoms with E-state index in [4.69, 9.17) is 5.11 Å². The van der Waals surface area contributed by atoms with Crippen molar-refractivity contribution in [1.29, 1.82) is 0 Å². The lowest BCUT2D eigenvalue weighted by Crippen LogP contribution is -2.27. The van der Waals surface area contributed by atoms with E-state index in [-0.39, 0.29) is 18.7 Å². The van der Waals surface area contributed by atoms with Crippen LogP contribution >= 0.6 is 0 Å². The van der Waals surface area contributed by atoms with E-state index in [0.29, 0.717) is 19.5 Å². The molecule has 0 aromatic carbocycles. The Morgan fingerprint density at radius 2 is 2.24 bits per heavy atom. The Morgan fingerprint density at radius 1 is 1.47 bits per heavy atom. The fraction of sp³-hybridized carbons (Fsp3) is 0.545. The number of carboxylic acids is 1. The van der Waals surface area contributed by atoms with Gasteiger partial charge in [-0.15, -0.1) is 0 Å². The van der Waals surface area contributed by atoms with Crippen LogP contribution in [0.5, 0.6) is 0 Å². The number of aryl methyl sites for hydroxylation is 1. The van der Waals surface area contributed by atoms with Crippen LogP contribution in [0.3, 0.4) is 0 Å². The first-order chi connectivity index (χ1) is 8.08. The van der Waals surface area contributed by atoms with E-state index in [1.54, 1.807) is 10.9 Å². The molecule has 0 spiro atoms. The predicted molar refractivity (Wildman–Crippen MR) is 61.5 cm³/mol. The zero-order chi connectivity index (χ0) is 12.7. The molecule has 6 nitrogen and oxygen atoms in total. The molecule has 0 aliphatic carbocycles. The van der Waals surface area contributed by atoms with Crippen LogP contribution in [0.2, 0.25) is 0 Å². The number of hydrogen-bond acceptors (Lipinski definition) is 3. The summed E-state index contributed by atoms with van der Waals surface area (Å²) in [7, 11) is 0. The quantitative estimate of drug-likeness (QED) is 0.728. The molecular weight excluding hydrogens is 222 g/mol. The van der Waals surface area contributed by atoms with Gasteiger partial charge in [0.1, 0.15) is 0 Å². The Kier molecular flexibility index (Phi) is 5.19. The zero-order valence-electron chi connectivity index (χ0n) is 9.85. The fourth-order valence-electron chi connectivity index (χ4n) is 1.39. The van der Waals surface area contributed by atoms with Gasteiger partial charge in [-0.1, -0.05) is 0 Å². The van der Waals surface area contributed by atoms with E-state index in [1.807, 2.05) is 13.1 Å². The smallest absolute Gasteiger partial charge is 0.303 e. The number of hydrogen-bond donors (Lipinski definition) is 2. The molecule has 0 fully saturated rings. The summed E-state index contributed by atoms with van der Waals surface area (Å²) in [5.74, 6) is -0.986. The molecular formula is C11H17N3O3. The molecule has 6 heteroatoms. The van der Waals surface area contributed by atoms with Gasteiger partial charge in [0.05, 0.1) is 12.7 Å². The van der Waals surface area contributed by atoms with E-state index < -0.39 is 5.97 Å². The Hall–Kier alpha value is -1.85. The van der Waals surface area contributed by atoms with Crippen molar-refractivity contribution >= 4 is 11.9 Å². The Labute approximate surface area is 99.6 Å². The molecule has 0 aliphatic heterocycles. The standard InChI is InChI=1S/C11H17N3O3/c1-9-7-13-14(8-9)6-5-12-10(15)3-2-4-11(16)17/h7-8H,2-6H2,1H3,(H,12,15)(H,16,17). The highest BCUT2D eigenvalue weighted by atomic mass is 16.4. The number of amides is 1. The molecule has 2 N–H and O–H groups in total. The molecule has 94 valence electrons. The summed E-state index contributed by atoms with van der Waals surface area (Å²) in [5.41, 5.74) is 1.08. The van der Waals surface area contributed by atoms with Crippen LogP contribution in [0.15, 0.2) is 12.4 Å². The largest absolute Gasteiger partial charge is 0.481 e. The van der Waals surface area contributed by atoms with Crippen LogP contribution < -0.4 is 5.32 Å². The van der Waals surface area contributed by atoms with Crippen molar-refractivity contribution in [1.82, 2.24) is 15.1 Å². The van der Waals surface area contributed by atoms with Crippen molar-refractivity contribution in [3.8, 4) is 0 Å². The van der Waals surface area contributed by atoms with Crippen LogP contribution in [0.1, 0.15) is 24.8 Å². The lowest BCUT2D eigenvalue weighted by Gasteiger charge is -2.04. The van der Waals surface area contributed by atoms with Gasteiger partial charge in [-0.3, -0.25) is 14.3 Å². The minimum Gasteiger partial charge on any atom is -0.481 e. The van der Waals surface area contributed by atoms with Gasteiger partial charge in [0.15, 0.2) is 0 Å². The van der Waals surface area contributed by atoms with Crippen molar-refractivity contribution in [3.05, 3.63) is 18.0 Å². The van der Waals surface area contributed by atoms with Gasteiger partial charge in [-0.25, -0.2) is 0 Å². The first-order valence-electron chi connectivity index (χ1n) is 5.55. The van der Waals surface area contributed by atoms with E-state index >= 15 is 0 Å². The maximum Gasteiger partial charge on any atom is 0.303 e. The minimum atomic E-state index is -0.871. The van der Waals surface area contributed by atoms with Crippen LogP contribution in [0, 0.1) is 6.92 Å². The van der Waals surface area contributed by atoms with Gasteiger partial charge < -0.3 is 10.4 Å². The van der Waals surface area contributed by atoms with E-state index in [0.717, 1.165) is 5.56 Å². The molecule has 0 unspecified atom stereocenters. The molecule has 1 rings (SSSR count). The third-order valence-corrected chi connectivity index (χ3v) is 2.22. The monoisotopic (exact) mass is 239 g/mol. The maximum atomic E-state index is 11.3. The molecule has 1 aromatic heterocycles. The molecule has 0 atom stereocenters. The van der Waals surface area contributed by atoms with Crippen molar-refractivity contribution in [2.45, 2.75) is 32.7 Å². The van der Waals surface area contributed by atoms with Gasteiger partial charge in [0, 0.05) is 25.6 Å². The number of nitrogens with zero attached hydrogens (tertiary/aromatic N) is 2. The summed E-state index contributed by atoms with van der Waals surface area (Å²) in [6.45, 7) is 3.08. The summed E-state index contributed by atoms with van der Waals surface area (Å²) >= 11 is 0. The topological polar surface area (TPSA) is 84.2 Å². The molecule has 17 heavy (non-hydrogen) atoms. The number of nitrogens with one attached hydrogen (secondary N) is 1. The summed E-state index contributed by atoms with van der Waals surface area (Å²) in [6, 6.07) is 0. The Balaban J connectivity index is 2.10. The lowest BCUT2D eigenvalue weighted by atomic mass is 10.2. The van der Waals surface area contributed by atoms with Gasteiger partial charge >= 0.3 is 5.97 Å². The van der Waals surface area contributed by atoms with Gasteiger partial charge in [-0.2, -0.15) is 5.10 Å². The summed E-state index contributed by atoms with van der Waals surface area (Å²) in [6.07, 6.45) is 4.32. The summed E-state index contributed by atoms with van der Waals surface area (Å²) in [4.78, 5) is 21.5. The molecule has 0 saturated carbocycles. The molecule has 1 amide bonds. The lowest BCUT2D eigenvalue weighted by molar-refractivity contribution is -0.137. The first kappa shape index (κ1) is 13.2. The van der Waals surface area contributed by atoms with Crippen LogP contribution in [0.4, 0.5) is 0 Å². The average molecular weight is 239 g/mol. The molecule has 0 bridgehead atoms. The molecule has 0 radical (unpaired) electrons. The number of carboxylic acid groups (broad SMARTS) is 1. The molecule has 1 heterocycles. The van der Waals surface area contributed by atoms with Crippen molar-refractivity contribution in [3.63, 3.8) is 0 Å². The Bertz CT molecular complexity index is 387. The van der Waals surface area contributed by atoms with Crippen molar-refractivity contribution < 1.29 is 14.7 Å². The number of aromatic nitrogens is 2. The first-order valence-corrected chi connectivity index (χ1v) is 5.55. The SMILES string of the molecule is Cc1cnn(CCNC(=O)CCCC(=O)O)c1. The highest BCUT2D eigenvalue weighted by Crippen LogP contribution is 1.95. The predicted octanol–water partition coefficient (Wildman–Crippen LogP) is 0.563. The fourth-order valence-corrected chi connectivity index (χ4v) is 1.39. The summed E-state index contributed by atoms with van der Waals surface area (Å²) in [5, 5.41) is 15.2. The minimum absolute atomic E-state index is 0.0335. The number of carbonyl (C=O) groups is 2. The third kappa shape index (κ3) is 5.70. The average Bonchev–Trinajstić information content (AvgIpc) is 2.63. The van der Waals surface area contributed by atoms with Crippen molar-refractivity contribution in [2.75, 3.05) is 6.54 Å². The highest BCUT2D eigenvalue weighted by Gasteiger charge is 2.03. The third-order valence-electron chi connectivity index (χ3n) is 2.22. The number of carbonyl (C=O) groups excluding carboxylic acids is 1. The van der Waals surface area contributed by atoms with E-state index in [1.165, 1.54) is 0 Å². The van der Waals surface area contributed by atoms with Gasteiger partial charge in [-0.05, 0) is 18.9 Å². The second kappa shape index (κ2) is 6.67. The van der Waals surface area contributed by atoms with Crippen molar-refractivity contribution in [2.24, 2.45) is 0 Å². The number of aliphatic carboxylic acids is 1. The highest BCUT2D eigenvalue weighted by molar-refractivity contribution is 5.76. The maximum absolute atomic E-state index is 11.3. The normalized spacial score (nSPS) is 10.2. The van der Waals surface area contributed by atoms with E-state index in [2.05, 4.69) is 10.4 Å². The second-order valence-electron chi connectivity index (χ2n) is 3.88. The van der Waals surface area contributed by atoms with Crippen LogP contribution in [-0.4, -0.2) is 33.3 Å². The van der Waals surface area contributed by atoms with Crippen LogP contribution in [0.25, 0.3) is 0 Å². The number of rotatable bonds is 7. The molecule has 0 saturated heterocycles. The van der Waals surface area contributed by atoms with Gasteiger partial charge in [0.2, 0.25) is 5.91 Å². The molecule has 1 aromatic rings. The zero-order valence-corrected chi connectivity index (χ0v) is 9.85. The second-order valence-corrected chi connectivity index (χ2v) is 3.88. The molecule has 0 aliphatic rings. The van der Waals surface area contributed by atoms with E-state index in [9.17, 15) is 9.59 Å². The van der Waals surface area contributed by atoms with Gasteiger partial charge in [0.25, 0.3) is 0 Å². The summed E-state index contributed by atoms with van der Waals surface area (Å²) < 4.78 is 1.76.